The summed E-state index contributed by atoms with van der Waals surface area (Å²) in [5, 5.41) is 6.93. The van der Waals surface area contributed by atoms with Crippen LogP contribution in [0, 0.1) is 0 Å². The molecule has 148 valence electrons. The Morgan fingerprint density at radius 1 is 1.17 bits per heavy atom. The third-order valence-corrected chi connectivity index (χ3v) is 5.39. The van der Waals surface area contributed by atoms with E-state index in [9.17, 15) is 4.79 Å². The first-order chi connectivity index (χ1) is 14.1. The molecule has 1 aromatic carbocycles. The van der Waals surface area contributed by atoms with Crippen LogP contribution >= 0.6 is 12.2 Å². The Hall–Kier alpha value is -3.19. The summed E-state index contributed by atoms with van der Waals surface area (Å²) in [5.41, 5.74) is 3.83. The van der Waals surface area contributed by atoms with Crippen LogP contribution in [0.5, 0.6) is 0 Å². The van der Waals surface area contributed by atoms with E-state index in [0.29, 0.717) is 5.11 Å². The molecule has 0 bridgehead atoms. The lowest BCUT2D eigenvalue weighted by atomic mass is 10.0. The first-order valence-electron chi connectivity index (χ1n) is 9.62. The Labute approximate surface area is 175 Å². The van der Waals surface area contributed by atoms with Crippen molar-refractivity contribution in [2.45, 2.75) is 32.5 Å². The average Bonchev–Trinajstić information content (AvgIpc) is 3.32. The highest BCUT2D eigenvalue weighted by molar-refractivity contribution is 7.80. The lowest BCUT2D eigenvalue weighted by molar-refractivity contribution is -0.114. The van der Waals surface area contributed by atoms with E-state index in [2.05, 4.69) is 50.3 Å². The van der Waals surface area contributed by atoms with Gasteiger partial charge in [-0.25, -0.2) is 0 Å². The molecule has 2 aromatic heterocycles. The van der Waals surface area contributed by atoms with Crippen LogP contribution in [0.2, 0.25) is 0 Å². The lowest BCUT2D eigenvalue weighted by Gasteiger charge is -2.29. The molecule has 1 aliphatic rings. The normalized spacial score (nSPS) is 18.6. The minimum Gasteiger partial charge on any atom is -0.351 e. The van der Waals surface area contributed by atoms with Crippen LogP contribution < -0.4 is 15.5 Å². The summed E-state index contributed by atoms with van der Waals surface area (Å²) in [6, 6.07) is 17.8. The van der Waals surface area contributed by atoms with Crippen LogP contribution in [0.4, 0.5) is 11.4 Å². The molecule has 3 heterocycles. The molecule has 4 rings (SSSR count). The molecular weight excluding hydrogens is 382 g/mol. The fourth-order valence-corrected chi connectivity index (χ4v) is 4.17. The zero-order valence-electron chi connectivity index (χ0n) is 16.4. The second-order valence-electron chi connectivity index (χ2n) is 6.94. The maximum atomic E-state index is 11.3. The predicted octanol–water partition coefficient (Wildman–Crippen LogP) is 4.04. The number of thiocarbonyl (C=S) groups is 1. The van der Waals surface area contributed by atoms with Crippen molar-refractivity contribution in [3.63, 3.8) is 0 Å². The van der Waals surface area contributed by atoms with Crippen LogP contribution in [0.3, 0.4) is 0 Å². The van der Waals surface area contributed by atoms with Crippen LogP contribution in [-0.2, 0) is 11.3 Å². The molecule has 2 N–H and O–H groups in total. The standard InChI is InChI=1S/C22H23N5OS/c1-3-26-14-6-8-19(26)21-20(18-7-4-5-13-23-18)25-22(29)27(21)17-11-9-16(10-12-17)24-15(2)28/h4-14,20-21H,3H2,1-2H3,(H,24,28)(H,25,29). The molecule has 7 heteroatoms. The highest BCUT2D eigenvalue weighted by Gasteiger charge is 2.41. The maximum absolute atomic E-state index is 11.3. The third kappa shape index (κ3) is 3.73. The number of pyridine rings is 1. The van der Waals surface area contributed by atoms with E-state index in [0.717, 1.165) is 23.6 Å². The molecule has 0 radical (unpaired) electrons. The number of carbonyl (C=O) groups is 1. The number of benzene rings is 1. The van der Waals surface area contributed by atoms with Gasteiger partial charge in [0.25, 0.3) is 0 Å². The highest BCUT2D eigenvalue weighted by Crippen LogP contribution is 2.41. The van der Waals surface area contributed by atoms with Gasteiger partial charge in [0.2, 0.25) is 5.91 Å². The van der Waals surface area contributed by atoms with Gasteiger partial charge in [-0.1, -0.05) is 6.07 Å². The van der Waals surface area contributed by atoms with Crippen molar-refractivity contribution in [1.82, 2.24) is 14.9 Å². The van der Waals surface area contributed by atoms with Gasteiger partial charge in [-0.05, 0) is 67.7 Å². The van der Waals surface area contributed by atoms with Gasteiger partial charge in [-0.2, -0.15) is 0 Å². The third-order valence-electron chi connectivity index (χ3n) is 5.07. The summed E-state index contributed by atoms with van der Waals surface area (Å²) in [4.78, 5) is 18.0. The number of rotatable bonds is 5. The number of carbonyl (C=O) groups excluding carboxylic acids is 1. The highest BCUT2D eigenvalue weighted by atomic mass is 32.1. The Morgan fingerprint density at radius 3 is 2.62 bits per heavy atom. The summed E-state index contributed by atoms with van der Waals surface area (Å²) in [6.07, 6.45) is 3.89. The Balaban J connectivity index is 1.77. The fourth-order valence-electron chi connectivity index (χ4n) is 3.83. The van der Waals surface area contributed by atoms with E-state index >= 15 is 0 Å². The van der Waals surface area contributed by atoms with Gasteiger partial charge in [0.1, 0.15) is 6.04 Å². The fraction of sp³-hybridized carbons (Fsp3) is 0.227. The maximum Gasteiger partial charge on any atom is 0.221 e. The second-order valence-corrected chi connectivity index (χ2v) is 7.33. The van der Waals surface area contributed by atoms with Crippen molar-refractivity contribution in [3.8, 4) is 0 Å². The number of nitrogens with one attached hydrogen (secondary N) is 2. The minimum atomic E-state index is -0.0926. The van der Waals surface area contributed by atoms with Gasteiger partial charge < -0.3 is 20.1 Å². The van der Waals surface area contributed by atoms with E-state index in [1.54, 1.807) is 6.20 Å². The number of anilines is 2. The largest absolute Gasteiger partial charge is 0.351 e. The predicted molar refractivity (Wildman–Crippen MR) is 119 cm³/mol. The van der Waals surface area contributed by atoms with Crippen molar-refractivity contribution in [2.75, 3.05) is 10.2 Å². The second kappa shape index (κ2) is 8.05. The summed E-state index contributed by atoms with van der Waals surface area (Å²) in [6.45, 7) is 4.50. The molecular formula is C22H23N5OS. The van der Waals surface area contributed by atoms with Crippen molar-refractivity contribution in [2.24, 2.45) is 0 Å². The quantitative estimate of drug-likeness (QED) is 0.628. The Bertz CT molecular complexity index is 1020. The number of amides is 1. The zero-order valence-corrected chi connectivity index (χ0v) is 17.2. The zero-order chi connectivity index (χ0) is 20.4. The van der Waals surface area contributed by atoms with Gasteiger partial charge in [0.05, 0.1) is 11.7 Å². The van der Waals surface area contributed by atoms with Crippen LogP contribution in [0.1, 0.15) is 37.3 Å². The molecule has 0 aliphatic carbocycles. The van der Waals surface area contributed by atoms with E-state index in [4.69, 9.17) is 12.2 Å². The molecule has 1 amide bonds. The van der Waals surface area contributed by atoms with Gasteiger partial charge in [-0.15, -0.1) is 0 Å². The summed E-state index contributed by atoms with van der Waals surface area (Å²) >= 11 is 5.74. The average molecular weight is 406 g/mol. The molecule has 0 saturated carbocycles. The van der Waals surface area contributed by atoms with Crippen LogP contribution in [0.15, 0.2) is 67.0 Å². The summed E-state index contributed by atoms with van der Waals surface area (Å²) in [7, 11) is 0. The van der Waals surface area contributed by atoms with Crippen LogP contribution in [-0.4, -0.2) is 20.6 Å². The van der Waals surface area contributed by atoms with Gasteiger partial charge in [0.15, 0.2) is 5.11 Å². The smallest absolute Gasteiger partial charge is 0.221 e. The van der Waals surface area contributed by atoms with Crippen molar-refractivity contribution in [1.29, 1.82) is 0 Å². The first kappa shape index (κ1) is 19.1. The minimum absolute atomic E-state index is 0.0426. The van der Waals surface area contributed by atoms with E-state index in [1.807, 2.05) is 42.5 Å². The van der Waals surface area contributed by atoms with Crippen molar-refractivity contribution in [3.05, 3.63) is 78.4 Å². The molecule has 3 aromatic rings. The number of nitrogens with zero attached hydrogens (tertiary/aromatic N) is 3. The number of hydrogen-bond donors (Lipinski definition) is 2. The summed E-state index contributed by atoms with van der Waals surface area (Å²) in [5.74, 6) is -0.0926. The monoisotopic (exact) mass is 405 g/mol. The molecule has 0 spiro atoms. The molecule has 29 heavy (non-hydrogen) atoms. The molecule has 1 fully saturated rings. The van der Waals surface area contributed by atoms with Crippen LogP contribution in [0.25, 0.3) is 0 Å². The van der Waals surface area contributed by atoms with Gasteiger partial charge in [0, 0.05) is 42.9 Å². The summed E-state index contributed by atoms with van der Waals surface area (Å²) < 4.78 is 2.23. The molecule has 6 nitrogen and oxygen atoms in total. The topological polar surface area (TPSA) is 62.2 Å². The Morgan fingerprint density at radius 2 is 1.97 bits per heavy atom. The van der Waals surface area contributed by atoms with Crippen molar-refractivity contribution < 1.29 is 4.79 Å². The molecule has 1 aliphatic heterocycles. The van der Waals surface area contributed by atoms with E-state index in [-0.39, 0.29) is 18.0 Å². The molecule has 2 unspecified atom stereocenters. The SMILES string of the molecule is CCn1cccc1C1C(c2ccccn2)NC(=S)N1c1ccc(NC(C)=O)cc1. The van der Waals surface area contributed by atoms with Gasteiger partial charge in [-0.3, -0.25) is 9.78 Å². The molecule has 2 atom stereocenters. The molecule has 1 saturated heterocycles. The van der Waals surface area contributed by atoms with Crippen molar-refractivity contribution >= 4 is 34.6 Å². The first-order valence-corrected chi connectivity index (χ1v) is 10.0. The van der Waals surface area contributed by atoms with Gasteiger partial charge >= 0.3 is 0 Å². The number of aromatic nitrogens is 2. The van der Waals surface area contributed by atoms with E-state index < -0.39 is 0 Å². The number of hydrogen-bond acceptors (Lipinski definition) is 3. The van der Waals surface area contributed by atoms with E-state index in [1.165, 1.54) is 12.6 Å². The Kier molecular flexibility index (Phi) is 5.31. The number of aryl methyl sites for hydroxylation is 1. The lowest BCUT2D eigenvalue weighted by Crippen LogP contribution is -2.30.